The highest BCUT2D eigenvalue weighted by Gasteiger charge is 2.09. The van der Waals surface area contributed by atoms with Crippen LogP contribution in [0.4, 0.5) is 4.39 Å². The van der Waals surface area contributed by atoms with Gasteiger partial charge >= 0.3 is 5.97 Å². The fourth-order valence-electron chi connectivity index (χ4n) is 1.57. The third-order valence-corrected chi connectivity index (χ3v) is 2.65. The van der Waals surface area contributed by atoms with E-state index in [4.69, 9.17) is 21.4 Å². The molecule has 0 aliphatic rings. The lowest BCUT2D eigenvalue weighted by molar-refractivity contribution is -0.131. The van der Waals surface area contributed by atoms with Gasteiger partial charge in [-0.15, -0.1) is 0 Å². The van der Waals surface area contributed by atoms with E-state index in [-0.39, 0.29) is 5.75 Å². The summed E-state index contributed by atoms with van der Waals surface area (Å²) >= 11 is 5.83. The molecule has 0 unspecified atom stereocenters. The lowest BCUT2D eigenvalue weighted by Gasteiger charge is -2.10. The van der Waals surface area contributed by atoms with Gasteiger partial charge in [0.05, 0.1) is 0 Å². The number of carboxylic acids is 1. The Labute approximate surface area is 119 Å². The molecular weight excluding hydrogens is 283 g/mol. The van der Waals surface area contributed by atoms with E-state index in [9.17, 15) is 9.18 Å². The minimum atomic E-state index is -1.12. The van der Waals surface area contributed by atoms with Crippen LogP contribution < -0.4 is 4.74 Å². The molecule has 2 aromatic carbocycles. The number of aliphatic carboxylic acids is 1. The molecule has 0 saturated heterocycles. The van der Waals surface area contributed by atoms with Crippen molar-refractivity contribution >= 4 is 23.6 Å². The van der Waals surface area contributed by atoms with E-state index in [2.05, 4.69) is 0 Å². The number of carboxylic acid groups (broad SMARTS) is 1. The van der Waals surface area contributed by atoms with Gasteiger partial charge in [0.15, 0.2) is 11.6 Å². The molecule has 5 heteroatoms. The SMILES string of the molecule is O=C(O)/C=C/c1cccc(F)c1Oc1cccc(Cl)c1. The van der Waals surface area contributed by atoms with Gasteiger partial charge in [-0.05, 0) is 30.3 Å². The Morgan fingerprint density at radius 1 is 1.25 bits per heavy atom. The van der Waals surface area contributed by atoms with Crippen LogP contribution in [-0.2, 0) is 4.79 Å². The highest BCUT2D eigenvalue weighted by atomic mass is 35.5. The van der Waals surface area contributed by atoms with Gasteiger partial charge in [-0.1, -0.05) is 29.8 Å². The van der Waals surface area contributed by atoms with Gasteiger partial charge < -0.3 is 9.84 Å². The van der Waals surface area contributed by atoms with Crippen LogP contribution in [0.25, 0.3) is 6.08 Å². The van der Waals surface area contributed by atoms with E-state index in [0.29, 0.717) is 16.3 Å². The van der Waals surface area contributed by atoms with Gasteiger partial charge in [-0.2, -0.15) is 0 Å². The lowest BCUT2D eigenvalue weighted by atomic mass is 10.1. The third kappa shape index (κ3) is 3.59. The van der Waals surface area contributed by atoms with Crippen molar-refractivity contribution in [3.8, 4) is 11.5 Å². The topological polar surface area (TPSA) is 46.5 Å². The van der Waals surface area contributed by atoms with Crippen molar-refractivity contribution in [3.05, 3.63) is 64.9 Å². The van der Waals surface area contributed by atoms with Crippen molar-refractivity contribution in [2.45, 2.75) is 0 Å². The average Bonchev–Trinajstić information content (AvgIpc) is 2.39. The predicted octanol–water partition coefficient (Wildman–Crippen LogP) is 4.37. The van der Waals surface area contributed by atoms with Crippen LogP contribution in [0.15, 0.2) is 48.5 Å². The molecule has 0 amide bonds. The predicted molar refractivity (Wildman–Crippen MR) is 74.6 cm³/mol. The van der Waals surface area contributed by atoms with Crippen LogP contribution in [-0.4, -0.2) is 11.1 Å². The molecule has 0 heterocycles. The number of benzene rings is 2. The van der Waals surface area contributed by atoms with Crippen LogP contribution in [0.1, 0.15) is 5.56 Å². The summed E-state index contributed by atoms with van der Waals surface area (Å²) in [6, 6.07) is 10.8. The highest BCUT2D eigenvalue weighted by molar-refractivity contribution is 6.30. The van der Waals surface area contributed by atoms with E-state index in [1.54, 1.807) is 30.3 Å². The third-order valence-electron chi connectivity index (χ3n) is 2.42. The summed E-state index contributed by atoms with van der Waals surface area (Å²) in [6.45, 7) is 0. The van der Waals surface area contributed by atoms with Gasteiger partial charge in [-0.3, -0.25) is 0 Å². The molecule has 0 bridgehead atoms. The van der Waals surface area contributed by atoms with Gasteiger partial charge in [0, 0.05) is 16.7 Å². The first-order valence-corrected chi connectivity index (χ1v) is 6.07. The molecule has 102 valence electrons. The first-order valence-electron chi connectivity index (χ1n) is 5.69. The number of para-hydroxylation sites is 1. The van der Waals surface area contributed by atoms with Crippen molar-refractivity contribution in [1.29, 1.82) is 0 Å². The van der Waals surface area contributed by atoms with Crippen LogP contribution in [0.3, 0.4) is 0 Å². The minimum Gasteiger partial charge on any atom is -0.478 e. The molecule has 0 saturated carbocycles. The first-order chi connectivity index (χ1) is 9.56. The summed E-state index contributed by atoms with van der Waals surface area (Å²) in [5.41, 5.74) is 0.326. The summed E-state index contributed by atoms with van der Waals surface area (Å²) in [6.07, 6.45) is 2.19. The molecule has 2 aromatic rings. The fourth-order valence-corrected chi connectivity index (χ4v) is 1.75. The summed E-state index contributed by atoms with van der Waals surface area (Å²) in [5.74, 6) is -1.39. The second-order valence-electron chi connectivity index (χ2n) is 3.89. The second-order valence-corrected chi connectivity index (χ2v) is 4.33. The fraction of sp³-hybridized carbons (Fsp3) is 0. The normalized spacial score (nSPS) is 10.7. The molecule has 0 aromatic heterocycles. The summed E-state index contributed by atoms with van der Waals surface area (Å²) in [5, 5.41) is 9.08. The molecule has 1 N–H and O–H groups in total. The van der Waals surface area contributed by atoms with Crippen molar-refractivity contribution < 1.29 is 19.0 Å². The Kier molecular flexibility index (Phi) is 4.38. The Morgan fingerprint density at radius 3 is 2.70 bits per heavy atom. The monoisotopic (exact) mass is 292 g/mol. The van der Waals surface area contributed by atoms with Gasteiger partial charge in [0.2, 0.25) is 0 Å². The number of carbonyl (C=O) groups is 1. The van der Waals surface area contributed by atoms with E-state index >= 15 is 0 Å². The van der Waals surface area contributed by atoms with Crippen LogP contribution in [0.2, 0.25) is 5.02 Å². The molecule has 0 aliphatic heterocycles. The number of hydrogen-bond donors (Lipinski definition) is 1. The lowest BCUT2D eigenvalue weighted by Crippen LogP contribution is -1.93. The van der Waals surface area contributed by atoms with Crippen molar-refractivity contribution in [2.24, 2.45) is 0 Å². The number of rotatable bonds is 4. The standard InChI is InChI=1S/C15H10ClFO3/c16-11-4-2-5-12(9-11)20-15-10(7-8-14(18)19)3-1-6-13(15)17/h1-9H,(H,18,19)/b8-7+. The largest absolute Gasteiger partial charge is 0.478 e. The van der Waals surface area contributed by atoms with Crippen LogP contribution in [0.5, 0.6) is 11.5 Å². The molecule has 0 atom stereocenters. The maximum absolute atomic E-state index is 13.8. The maximum atomic E-state index is 13.8. The van der Waals surface area contributed by atoms with Crippen molar-refractivity contribution in [1.82, 2.24) is 0 Å². The van der Waals surface area contributed by atoms with Crippen LogP contribution >= 0.6 is 11.6 Å². The first kappa shape index (κ1) is 14.1. The second kappa shape index (κ2) is 6.21. The van der Waals surface area contributed by atoms with E-state index in [1.807, 2.05) is 0 Å². The Balaban J connectivity index is 2.37. The summed E-state index contributed by atoms with van der Waals surface area (Å²) < 4.78 is 19.3. The van der Waals surface area contributed by atoms with Crippen LogP contribution in [0, 0.1) is 5.82 Å². The van der Waals surface area contributed by atoms with Gasteiger partial charge in [-0.25, -0.2) is 9.18 Å². The molecule has 0 fully saturated rings. The zero-order chi connectivity index (χ0) is 14.5. The smallest absolute Gasteiger partial charge is 0.328 e. The van der Waals surface area contributed by atoms with E-state index < -0.39 is 11.8 Å². The Morgan fingerprint density at radius 2 is 2.00 bits per heavy atom. The van der Waals surface area contributed by atoms with Crippen molar-refractivity contribution in [2.75, 3.05) is 0 Å². The average molecular weight is 293 g/mol. The molecule has 20 heavy (non-hydrogen) atoms. The molecule has 3 nitrogen and oxygen atoms in total. The Bertz CT molecular complexity index is 668. The number of hydrogen-bond acceptors (Lipinski definition) is 2. The minimum absolute atomic E-state index is 0.0488. The highest BCUT2D eigenvalue weighted by Crippen LogP contribution is 2.30. The van der Waals surface area contributed by atoms with E-state index in [1.165, 1.54) is 18.2 Å². The zero-order valence-corrected chi connectivity index (χ0v) is 11.0. The summed E-state index contributed by atoms with van der Waals surface area (Å²) in [4.78, 5) is 10.5. The molecular formula is C15H10ClFO3. The molecule has 2 rings (SSSR count). The zero-order valence-electron chi connectivity index (χ0n) is 10.2. The quantitative estimate of drug-likeness (QED) is 0.851. The maximum Gasteiger partial charge on any atom is 0.328 e. The molecule has 0 radical (unpaired) electrons. The molecule has 0 aliphatic carbocycles. The van der Waals surface area contributed by atoms with Crippen molar-refractivity contribution in [3.63, 3.8) is 0 Å². The number of ether oxygens (including phenoxy) is 1. The molecule has 0 spiro atoms. The van der Waals surface area contributed by atoms with Gasteiger partial charge in [0.25, 0.3) is 0 Å². The van der Waals surface area contributed by atoms with E-state index in [0.717, 1.165) is 6.08 Å². The van der Waals surface area contributed by atoms with Gasteiger partial charge in [0.1, 0.15) is 5.75 Å². The Hall–Kier alpha value is -2.33. The number of halogens is 2. The summed E-state index contributed by atoms with van der Waals surface area (Å²) in [7, 11) is 0.